The maximum Gasteiger partial charge on any atom is 0.277 e. The standard InChI is InChI=1S/C19H18N4O3/c1-12-7-8-15-14(11-12)20-16-17(21-19(25)22-18(16)24)23(15)9-10-26-13-5-3-2-4-6-13/h2-8,11,19,25H,9-10H2,1H3,(H,22,24). The maximum absolute atomic E-state index is 12.2. The number of nitrogens with one attached hydrogen (secondary N) is 1. The average molecular weight is 350 g/mol. The van der Waals surface area contributed by atoms with Crippen LogP contribution < -0.4 is 15.0 Å². The number of aliphatic imine (C=N–C) groups is 2. The number of carbonyl (C=O) groups is 1. The highest BCUT2D eigenvalue weighted by Crippen LogP contribution is 2.34. The summed E-state index contributed by atoms with van der Waals surface area (Å²) in [4.78, 5) is 22.7. The van der Waals surface area contributed by atoms with Crippen molar-refractivity contribution in [2.75, 3.05) is 18.1 Å². The smallest absolute Gasteiger partial charge is 0.277 e. The van der Waals surface area contributed by atoms with Crippen LogP contribution in [-0.4, -0.2) is 42.1 Å². The Morgan fingerprint density at radius 1 is 1.23 bits per heavy atom. The molecule has 0 bridgehead atoms. The quantitative estimate of drug-likeness (QED) is 0.880. The third kappa shape index (κ3) is 3.04. The minimum Gasteiger partial charge on any atom is -0.492 e. The molecule has 4 rings (SSSR count). The lowest BCUT2D eigenvalue weighted by Gasteiger charge is -2.33. The molecule has 0 radical (unpaired) electrons. The zero-order chi connectivity index (χ0) is 18.1. The van der Waals surface area contributed by atoms with Crippen LogP contribution in [0.2, 0.25) is 0 Å². The molecule has 0 aliphatic carbocycles. The van der Waals surface area contributed by atoms with Crippen LogP contribution in [0.15, 0.2) is 58.5 Å². The Labute approximate surface area is 150 Å². The highest BCUT2D eigenvalue weighted by atomic mass is 16.5. The van der Waals surface area contributed by atoms with E-state index in [0.29, 0.717) is 24.7 Å². The van der Waals surface area contributed by atoms with Gasteiger partial charge in [0.1, 0.15) is 12.4 Å². The first-order chi connectivity index (χ1) is 12.6. The number of hydrogen-bond acceptors (Lipinski definition) is 6. The van der Waals surface area contributed by atoms with E-state index >= 15 is 0 Å². The summed E-state index contributed by atoms with van der Waals surface area (Å²) in [5.41, 5.74) is 2.78. The number of anilines is 1. The van der Waals surface area contributed by atoms with Crippen molar-refractivity contribution in [1.29, 1.82) is 0 Å². The van der Waals surface area contributed by atoms with Gasteiger partial charge in [0.25, 0.3) is 5.91 Å². The second-order valence-electron chi connectivity index (χ2n) is 6.07. The van der Waals surface area contributed by atoms with Crippen LogP contribution in [0.1, 0.15) is 5.56 Å². The summed E-state index contributed by atoms with van der Waals surface area (Å²) in [5.74, 6) is 0.684. The van der Waals surface area contributed by atoms with Gasteiger partial charge in [0.05, 0.1) is 17.9 Å². The first-order valence-corrected chi connectivity index (χ1v) is 8.33. The number of aliphatic hydroxyl groups is 1. The molecule has 26 heavy (non-hydrogen) atoms. The van der Waals surface area contributed by atoms with Gasteiger partial charge in [0, 0.05) is 0 Å². The number of rotatable bonds is 4. The predicted octanol–water partition coefficient (Wildman–Crippen LogP) is 1.77. The van der Waals surface area contributed by atoms with Gasteiger partial charge in [-0.25, -0.2) is 9.98 Å². The first kappa shape index (κ1) is 16.3. The van der Waals surface area contributed by atoms with Crippen LogP contribution in [0.25, 0.3) is 0 Å². The van der Waals surface area contributed by atoms with E-state index in [1.54, 1.807) is 0 Å². The Morgan fingerprint density at radius 2 is 2.04 bits per heavy atom. The first-order valence-electron chi connectivity index (χ1n) is 8.33. The lowest BCUT2D eigenvalue weighted by Crippen LogP contribution is -2.54. The van der Waals surface area contributed by atoms with E-state index in [-0.39, 0.29) is 5.71 Å². The molecule has 0 saturated heterocycles. The molecule has 132 valence electrons. The van der Waals surface area contributed by atoms with Gasteiger partial charge in [0.2, 0.25) is 6.35 Å². The fourth-order valence-electron chi connectivity index (χ4n) is 2.98. The molecule has 7 heteroatoms. The van der Waals surface area contributed by atoms with Crippen LogP contribution in [0.4, 0.5) is 11.4 Å². The number of amidine groups is 1. The summed E-state index contributed by atoms with van der Waals surface area (Å²) >= 11 is 0. The predicted molar refractivity (Wildman–Crippen MR) is 99.1 cm³/mol. The Hall–Kier alpha value is -3.19. The second-order valence-corrected chi connectivity index (χ2v) is 6.07. The van der Waals surface area contributed by atoms with Gasteiger partial charge in [-0.05, 0) is 36.8 Å². The number of ether oxygens (including phenoxy) is 1. The zero-order valence-corrected chi connectivity index (χ0v) is 14.2. The van der Waals surface area contributed by atoms with Crippen LogP contribution >= 0.6 is 0 Å². The lowest BCUT2D eigenvalue weighted by molar-refractivity contribution is -0.117. The third-order valence-electron chi connectivity index (χ3n) is 4.17. The highest BCUT2D eigenvalue weighted by molar-refractivity contribution is 6.70. The van der Waals surface area contributed by atoms with Crippen molar-refractivity contribution in [2.24, 2.45) is 9.98 Å². The molecule has 2 aliphatic rings. The van der Waals surface area contributed by atoms with E-state index in [1.807, 2.05) is 60.4 Å². The topological polar surface area (TPSA) is 86.5 Å². The summed E-state index contributed by atoms with van der Waals surface area (Å²) in [5, 5.41) is 12.2. The van der Waals surface area contributed by atoms with Crippen molar-refractivity contribution in [1.82, 2.24) is 5.32 Å². The van der Waals surface area contributed by atoms with Crippen molar-refractivity contribution in [3.8, 4) is 5.75 Å². The summed E-state index contributed by atoms with van der Waals surface area (Å²) < 4.78 is 5.78. The summed E-state index contributed by atoms with van der Waals surface area (Å²) in [6.45, 7) is 2.82. The number of aliphatic hydroxyl groups excluding tert-OH is 1. The Bertz CT molecular complexity index is 908. The fourth-order valence-corrected chi connectivity index (χ4v) is 2.98. The summed E-state index contributed by atoms with van der Waals surface area (Å²) in [6, 6.07) is 15.3. The highest BCUT2D eigenvalue weighted by Gasteiger charge is 2.35. The monoisotopic (exact) mass is 350 g/mol. The van der Waals surface area contributed by atoms with Gasteiger partial charge in [-0.1, -0.05) is 24.3 Å². The molecule has 2 heterocycles. The molecular weight excluding hydrogens is 332 g/mol. The molecule has 2 aromatic carbocycles. The molecule has 0 spiro atoms. The molecule has 1 unspecified atom stereocenters. The van der Waals surface area contributed by atoms with Crippen molar-refractivity contribution in [3.63, 3.8) is 0 Å². The molecule has 2 N–H and O–H groups in total. The van der Waals surface area contributed by atoms with Crippen molar-refractivity contribution < 1.29 is 14.6 Å². The molecule has 0 aromatic heterocycles. The minimum atomic E-state index is -1.28. The summed E-state index contributed by atoms with van der Waals surface area (Å²) in [6.07, 6.45) is -1.28. The number of fused-ring (bicyclic) bond motifs is 2. The minimum absolute atomic E-state index is 0.202. The number of benzene rings is 2. The van der Waals surface area contributed by atoms with Crippen molar-refractivity contribution in [2.45, 2.75) is 13.3 Å². The number of hydrogen-bond donors (Lipinski definition) is 2. The Balaban J connectivity index is 1.65. The van der Waals surface area contributed by atoms with Crippen molar-refractivity contribution in [3.05, 3.63) is 54.1 Å². The van der Waals surface area contributed by atoms with Gasteiger partial charge in [-0.15, -0.1) is 0 Å². The zero-order valence-electron chi connectivity index (χ0n) is 14.2. The summed E-state index contributed by atoms with van der Waals surface area (Å²) in [7, 11) is 0. The molecule has 0 saturated carbocycles. The average Bonchev–Trinajstić information content (AvgIpc) is 2.62. The van der Waals surface area contributed by atoms with Gasteiger partial charge >= 0.3 is 0 Å². The third-order valence-corrected chi connectivity index (χ3v) is 4.17. The Morgan fingerprint density at radius 3 is 2.85 bits per heavy atom. The molecule has 1 amide bonds. The number of para-hydroxylation sites is 1. The molecule has 2 aromatic rings. The number of amides is 1. The van der Waals surface area contributed by atoms with Crippen LogP contribution in [0.5, 0.6) is 5.75 Å². The van der Waals surface area contributed by atoms with E-state index in [9.17, 15) is 9.90 Å². The fraction of sp³-hybridized carbons (Fsp3) is 0.211. The molecule has 1 atom stereocenters. The second kappa shape index (κ2) is 6.61. The molecular formula is C19H18N4O3. The number of nitrogens with zero attached hydrogens (tertiary/aromatic N) is 3. The van der Waals surface area contributed by atoms with Crippen LogP contribution in [0, 0.1) is 6.92 Å². The van der Waals surface area contributed by atoms with E-state index < -0.39 is 12.3 Å². The van der Waals surface area contributed by atoms with E-state index in [4.69, 9.17) is 4.74 Å². The number of aryl methyl sites for hydroxylation is 1. The van der Waals surface area contributed by atoms with Crippen molar-refractivity contribution >= 4 is 28.8 Å². The van der Waals surface area contributed by atoms with E-state index in [2.05, 4.69) is 15.3 Å². The van der Waals surface area contributed by atoms with E-state index in [1.165, 1.54) is 0 Å². The number of carbonyl (C=O) groups excluding carboxylic acids is 1. The van der Waals surface area contributed by atoms with Gasteiger partial charge in [-0.2, -0.15) is 0 Å². The maximum atomic E-state index is 12.2. The van der Waals surface area contributed by atoms with Gasteiger partial charge in [0.15, 0.2) is 11.5 Å². The SMILES string of the molecule is Cc1ccc2c(c1)N=C1C(=O)NC(O)N=C1N2CCOc1ccccc1. The lowest BCUT2D eigenvalue weighted by atomic mass is 10.1. The van der Waals surface area contributed by atoms with Gasteiger partial charge < -0.3 is 20.1 Å². The van der Waals surface area contributed by atoms with Crippen LogP contribution in [-0.2, 0) is 4.79 Å². The normalized spacial score (nSPS) is 18.3. The Kier molecular flexibility index (Phi) is 4.14. The van der Waals surface area contributed by atoms with Crippen LogP contribution in [0.3, 0.4) is 0 Å². The largest absolute Gasteiger partial charge is 0.492 e. The molecule has 0 fully saturated rings. The van der Waals surface area contributed by atoms with Gasteiger partial charge in [-0.3, -0.25) is 4.79 Å². The molecule has 7 nitrogen and oxygen atoms in total. The van der Waals surface area contributed by atoms with E-state index in [0.717, 1.165) is 17.0 Å². The molecule has 2 aliphatic heterocycles.